The van der Waals surface area contributed by atoms with Crippen LogP contribution < -0.4 is 0 Å². The van der Waals surface area contributed by atoms with Gasteiger partial charge in [-0.15, -0.1) is 0 Å². The van der Waals surface area contributed by atoms with Gasteiger partial charge in [0.1, 0.15) is 11.3 Å². The maximum atomic E-state index is 11.4. The zero-order chi connectivity index (χ0) is 14.9. The Morgan fingerprint density at radius 3 is 2.25 bits per heavy atom. The molecular formula is C17H24O3. The van der Waals surface area contributed by atoms with Gasteiger partial charge in [-0.2, -0.15) is 0 Å². The Labute approximate surface area is 120 Å². The van der Waals surface area contributed by atoms with Crippen LogP contribution in [0.2, 0.25) is 0 Å². The largest absolute Gasteiger partial charge is 0.507 e. The summed E-state index contributed by atoms with van der Waals surface area (Å²) in [6, 6.07) is 3.63. The third-order valence-electron chi connectivity index (χ3n) is 4.28. The molecule has 0 spiro atoms. The van der Waals surface area contributed by atoms with Crippen molar-refractivity contribution in [3.8, 4) is 5.75 Å². The van der Waals surface area contributed by atoms with Crippen LogP contribution in [0.4, 0.5) is 0 Å². The van der Waals surface area contributed by atoms with Crippen LogP contribution in [-0.4, -0.2) is 16.2 Å². The molecule has 1 saturated carbocycles. The highest BCUT2D eigenvalue weighted by Crippen LogP contribution is 2.41. The highest BCUT2D eigenvalue weighted by molar-refractivity contribution is 5.91. The van der Waals surface area contributed by atoms with E-state index in [2.05, 4.69) is 20.8 Å². The van der Waals surface area contributed by atoms with E-state index in [0.29, 0.717) is 5.92 Å². The van der Waals surface area contributed by atoms with Crippen molar-refractivity contribution in [2.45, 2.75) is 64.2 Å². The minimum atomic E-state index is -1.05. The molecule has 0 unspecified atom stereocenters. The first-order chi connectivity index (χ1) is 9.30. The maximum Gasteiger partial charge on any atom is 0.339 e. The molecule has 0 heterocycles. The van der Waals surface area contributed by atoms with Crippen LogP contribution in [-0.2, 0) is 5.41 Å². The summed E-state index contributed by atoms with van der Waals surface area (Å²) >= 11 is 0. The molecule has 3 nitrogen and oxygen atoms in total. The lowest BCUT2D eigenvalue weighted by atomic mass is 9.79. The summed E-state index contributed by atoms with van der Waals surface area (Å²) in [6.45, 7) is 6.20. The number of carboxylic acid groups (broad SMARTS) is 1. The summed E-state index contributed by atoms with van der Waals surface area (Å²) in [6.07, 6.45) is 5.64. The van der Waals surface area contributed by atoms with Gasteiger partial charge >= 0.3 is 5.97 Å². The molecule has 3 heteroatoms. The summed E-state index contributed by atoms with van der Waals surface area (Å²) in [5.74, 6) is -0.785. The highest BCUT2D eigenvalue weighted by Gasteiger charge is 2.26. The molecular weight excluding hydrogens is 252 g/mol. The molecule has 1 aromatic rings. The van der Waals surface area contributed by atoms with Gasteiger partial charge in [-0.05, 0) is 41.4 Å². The second-order valence-electron chi connectivity index (χ2n) is 6.85. The van der Waals surface area contributed by atoms with Gasteiger partial charge in [-0.1, -0.05) is 46.1 Å². The number of aromatic hydroxyl groups is 1. The number of hydrogen-bond acceptors (Lipinski definition) is 2. The second-order valence-corrected chi connectivity index (χ2v) is 6.85. The average Bonchev–Trinajstić information content (AvgIpc) is 2.38. The van der Waals surface area contributed by atoms with Crippen molar-refractivity contribution in [1.29, 1.82) is 0 Å². The number of aromatic carboxylic acids is 1. The molecule has 110 valence electrons. The first-order valence-electron chi connectivity index (χ1n) is 7.41. The maximum absolute atomic E-state index is 11.4. The van der Waals surface area contributed by atoms with Gasteiger partial charge in [0, 0.05) is 0 Å². The van der Waals surface area contributed by atoms with Crippen molar-refractivity contribution in [2.75, 3.05) is 0 Å². The fraction of sp³-hybridized carbons (Fsp3) is 0.588. The van der Waals surface area contributed by atoms with Crippen LogP contribution in [0.5, 0.6) is 5.75 Å². The van der Waals surface area contributed by atoms with E-state index in [9.17, 15) is 15.0 Å². The fourth-order valence-electron chi connectivity index (χ4n) is 2.98. The van der Waals surface area contributed by atoms with Crippen molar-refractivity contribution >= 4 is 5.97 Å². The summed E-state index contributed by atoms with van der Waals surface area (Å²) in [5.41, 5.74) is 1.72. The van der Waals surface area contributed by atoms with E-state index in [-0.39, 0.29) is 16.7 Å². The van der Waals surface area contributed by atoms with Crippen molar-refractivity contribution in [1.82, 2.24) is 0 Å². The molecule has 0 aliphatic heterocycles. The SMILES string of the molecule is CC(C)(C)c1cc(C(=O)O)c(O)c(C2CCCCC2)c1. The molecule has 0 aromatic heterocycles. The first-order valence-corrected chi connectivity index (χ1v) is 7.41. The first kappa shape index (κ1) is 14.9. The molecule has 0 atom stereocenters. The summed E-state index contributed by atoms with van der Waals surface area (Å²) in [7, 11) is 0. The molecule has 2 rings (SSSR count). The van der Waals surface area contributed by atoms with Gasteiger partial charge in [0.2, 0.25) is 0 Å². The van der Waals surface area contributed by atoms with Crippen LogP contribution in [0.15, 0.2) is 12.1 Å². The van der Waals surface area contributed by atoms with Crippen molar-refractivity contribution < 1.29 is 15.0 Å². The average molecular weight is 276 g/mol. The Kier molecular flexibility index (Phi) is 4.07. The number of benzene rings is 1. The number of carboxylic acids is 1. The fourth-order valence-corrected chi connectivity index (χ4v) is 2.98. The minimum absolute atomic E-state index is 0.0302. The summed E-state index contributed by atoms with van der Waals surface area (Å²) < 4.78 is 0. The molecule has 1 aliphatic carbocycles. The molecule has 1 aliphatic rings. The number of carbonyl (C=O) groups is 1. The molecule has 2 N–H and O–H groups in total. The van der Waals surface area contributed by atoms with Crippen molar-refractivity contribution in [2.24, 2.45) is 0 Å². The van der Waals surface area contributed by atoms with Crippen LogP contribution in [0.1, 0.15) is 80.3 Å². The third-order valence-corrected chi connectivity index (χ3v) is 4.28. The van der Waals surface area contributed by atoms with Crippen LogP contribution in [0.25, 0.3) is 0 Å². The van der Waals surface area contributed by atoms with E-state index in [1.165, 1.54) is 6.42 Å². The normalized spacial score (nSPS) is 17.1. The summed E-state index contributed by atoms with van der Waals surface area (Å²) in [5, 5.41) is 19.6. The molecule has 0 amide bonds. The van der Waals surface area contributed by atoms with E-state index < -0.39 is 5.97 Å². The lowest BCUT2D eigenvalue weighted by Gasteiger charge is -2.27. The zero-order valence-corrected chi connectivity index (χ0v) is 12.6. The molecule has 20 heavy (non-hydrogen) atoms. The minimum Gasteiger partial charge on any atom is -0.507 e. The van der Waals surface area contributed by atoms with Gasteiger partial charge in [0.15, 0.2) is 0 Å². The molecule has 1 fully saturated rings. The van der Waals surface area contributed by atoms with Gasteiger partial charge < -0.3 is 10.2 Å². The predicted octanol–water partition coefficient (Wildman–Crippen LogP) is 4.44. The zero-order valence-electron chi connectivity index (χ0n) is 12.6. The Morgan fingerprint density at radius 2 is 1.75 bits per heavy atom. The van der Waals surface area contributed by atoms with E-state index >= 15 is 0 Å². The predicted molar refractivity (Wildman–Crippen MR) is 79.6 cm³/mol. The van der Waals surface area contributed by atoms with Crippen LogP contribution in [0.3, 0.4) is 0 Å². The Morgan fingerprint density at radius 1 is 1.15 bits per heavy atom. The van der Waals surface area contributed by atoms with Gasteiger partial charge in [-0.25, -0.2) is 4.79 Å². The Hall–Kier alpha value is -1.51. The van der Waals surface area contributed by atoms with Gasteiger partial charge in [0.25, 0.3) is 0 Å². The van der Waals surface area contributed by atoms with Crippen molar-refractivity contribution in [3.63, 3.8) is 0 Å². The van der Waals surface area contributed by atoms with E-state index in [4.69, 9.17) is 0 Å². The van der Waals surface area contributed by atoms with Crippen LogP contribution >= 0.6 is 0 Å². The van der Waals surface area contributed by atoms with Crippen molar-refractivity contribution in [3.05, 3.63) is 28.8 Å². The third kappa shape index (κ3) is 2.97. The smallest absolute Gasteiger partial charge is 0.339 e. The standard InChI is InChI=1S/C17H24O3/c1-17(2,3)12-9-13(11-7-5-4-6-8-11)15(18)14(10-12)16(19)20/h9-11,18H,4-8H2,1-3H3,(H,19,20). The van der Waals surface area contributed by atoms with E-state index in [1.807, 2.05) is 6.07 Å². The molecule has 0 saturated heterocycles. The number of hydrogen-bond donors (Lipinski definition) is 2. The number of rotatable bonds is 2. The van der Waals surface area contributed by atoms with Crippen LogP contribution in [0, 0.1) is 0 Å². The van der Waals surface area contributed by atoms with E-state index in [0.717, 1.165) is 36.8 Å². The highest BCUT2D eigenvalue weighted by atomic mass is 16.4. The summed E-state index contributed by atoms with van der Waals surface area (Å²) in [4.78, 5) is 11.4. The monoisotopic (exact) mass is 276 g/mol. The van der Waals surface area contributed by atoms with Gasteiger partial charge in [0.05, 0.1) is 0 Å². The van der Waals surface area contributed by atoms with Gasteiger partial charge in [-0.3, -0.25) is 0 Å². The Bertz CT molecular complexity index is 506. The molecule has 0 radical (unpaired) electrons. The quantitative estimate of drug-likeness (QED) is 0.839. The lowest BCUT2D eigenvalue weighted by Crippen LogP contribution is -2.15. The second kappa shape index (κ2) is 5.47. The molecule has 1 aromatic carbocycles. The number of phenols is 1. The Balaban J connectivity index is 2.53. The molecule has 0 bridgehead atoms. The van der Waals surface area contributed by atoms with E-state index in [1.54, 1.807) is 6.07 Å². The lowest BCUT2D eigenvalue weighted by molar-refractivity contribution is 0.0693. The topological polar surface area (TPSA) is 57.5 Å².